The summed E-state index contributed by atoms with van der Waals surface area (Å²) in [5, 5.41) is 0. The van der Waals surface area contributed by atoms with E-state index < -0.39 is 0 Å². The Labute approximate surface area is 111 Å². The second-order valence-electron chi connectivity index (χ2n) is 3.92. The molecule has 2 heteroatoms. The lowest BCUT2D eigenvalue weighted by molar-refractivity contribution is 0.306. The Balaban J connectivity index is 1.99. The zero-order valence-electron chi connectivity index (χ0n) is 9.82. The van der Waals surface area contributed by atoms with Gasteiger partial charge in [-0.1, -0.05) is 47.1 Å². The van der Waals surface area contributed by atoms with Gasteiger partial charge < -0.3 is 4.74 Å². The molecule has 2 aromatic rings. The molecule has 0 amide bonds. The van der Waals surface area contributed by atoms with Crippen molar-refractivity contribution in [1.29, 1.82) is 0 Å². The molecule has 88 valence electrons. The van der Waals surface area contributed by atoms with E-state index in [9.17, 15) is 0 Å². The second kappa shape index (κ2) is 5.87. The minimum absolute atomic E-state index is 0.621. The van der Waals surface area contributed by atoms with Gasteiger partial charge in [0.15, 0.2) is 0 Å². The van der Waals surface area contributed by atoms with E-state index in [0.29, 0.717) is 6.61 Å². The summed E-state index contributed by atoms with van der Waals surface area (Å²) in [5.74, 6) is 0.898. The highest BCUT2D eigenvalue weighted by atomic mass is 79.9. The van der Waals surface area contributed by atoms with Gasteiger partial charge in [-0.05, 0) is 41.8 Å². The molecule has 0 bridgehead atoms. The summed E-state index contributed by atoms with van der Waals surface area (Å²) in [6, 6.07) is 16.4. The van der Waals surface area contributed by atoms with E-state index >= 15 is 0 Å². The van der Waals surface area contributed by atoms with Crippen molar-refractivity contribution >= 4 is 15.9 Å². The molecule has 17 heavy (non-hydrogen) atoms. The summed E-state index contributed by atoms with van der Waals surface area (Å²) in [6.45, 7) is 2.78. The maximum Gasteiger partial charge on any atom is 0.119 e. The fraction of sp³-hybridized carbons (Fsp3) is 0.200. The standard InChI is InChI=1S/C15H15BrO/c1-2-12-4-3-5-13(10-12)11-17-15-8-6-14(16)7-9-15/h3-10H,2,11H2,1H3. The number of halogens is 1. The highest BCUT2D eigenvalue weighted by molar-refractivity contribution is 9.10. The molecule has 0 N–H and O–H groups in total. The van der Waals surface area contributed by atoms with Crippen molar-refractivity contribution in [2.75, 3.05) is 0 Å². The van der Waals surface area contributed by atoms with Gasteiger partial charge in [-0.2, -0.15) is 0 Å². The summed E-state index contributed by atoms with van der Waals surface area (Å²) in [7, 11) is 0. The van der Waals surface area contributed by atoms with Crippen molar-refractivity contribution in [3.05, 3.63) is 64.1 Å². The molecule has 0 saturated carbocycles. The van der Waals surface area contributed by atoms with E-state index in [1.165, 1.54) is 11.1 Å². The van der Waals surface area contributed by atoms with Gasteiger partial charge in [0.2, 0.25) is 0 Å². The van der Waals surface area contributed by atoms with Crippen molar-refractivity contribution in [2.24, 2.45) is 0 Å². The van der Waals surface area contributed by atoms with Crippen LogP contribution in [0.25, 0.3) is 0 Å². The quantitative estimate of drug-likeness (QED) is 0.800. The monoisotopic (exact) mass is 290 g/mol. The van der Waals surface area contributed by atoms with Gasteiger partial charge in [0.25, 0.3) is 0 Å². The van der Waals surface area contributed by atoms with Crippen LogP contribution in [0, 0.1) is 0 Å². The Morgan fingerprint density at radius 3 is 2.41 bits per heavy atom. The molecule has 2 aromatic carbocycles. The molecule has 0 aliphatic heterocycles. The molecule has 0 atom stereocenters. The fourth-order valence-electron chi connectivity index (χ4n) is 1.64. The largest absolute Gasteiger partial charge is 0.489 e. The number of rotatable bonds is 4. The Bertz CT molecular complexity index is 477. The average Bonchev–Trinajstić information content (AvgIpc) is 2.38. The van der Waals surface area contributed by atoms with E-state index in [4.69, 9.17) is 4.74 Å². The van der Waals surface area contributed by atoms with Gasteiger partial charge in [-0.25, -0.2) is 0 Å². The second-order valence-corrected chi connectivity index (χ2v) is 4.83. The average molecular weight is 291 g/mol. The first-order valence-electron chi connectivity index (χ1n) is 5.74. The van der Waals surface area contributed by atoms with E-state index in [2.05, 4.69) is 47.1 Å². The highest BCUT2D eigenvalue weighted by Gasteiger charge is 1.97. The molecule has 0 aliphatic rings. The van der Waals surface area contributed by atoms with Gasteiger partial charge in [0, 0.05) is 4.47 Å². The predicted octanol–water partition coefficient (Wildman–Crippen LogP) is 4.59. The molecular formula is C15H15BrO. The van der Waals surface area contributed by atoms with E-state index in [-0.39, 0.29) is 0 Å². The number of hydrogen-bond donors (Lipinski definition) is 0. The van der Waals surface area contributed by atoms with Crippen LogP contribution in [0.3, 0.4) is 0 Å². The van der Waals surface area contributed by atoms with E-state index in [0.717, 1.165) is 16.6 Å². The number of benzene rings is 2. The Morgan fingerprint density at radius 2 is 1.71 bits per heavy atom. The zero-order valence-corrected chi connectivity index (χ0v) is 11.4. The third kappa shape index (κ3) is 3.60. The first kappa shape index (κ1) is 12.2. The van der Waals surface area contributed by atoms with Crippen molar-refractivity contribution in [3.63, 3.8) is 0 Å². The first-order valence-corrected chi connectivity index (χ1v) is 6.53. The lowest BCUT2D eigenvalue weighted by atomic mass is 10.1. The fourth-order valence-corrected chi connectivity index (χ4v) is 1.90. The molecule has 0 fully saturated rings. The van der Waals surface area contributed by atoms with Crippen LogP contribution in [-0.4, -0.2) is 0 Å². The Kier molecular flexibility index (Phi) is 4.21. The summed E-state index contributed by atoms with van der Waals surface area (Å²) >= 11 is 3.40. The lowest BCUT2D eigenvalue weighted by Gasteiger charge is -2.07. The molecule has 0 saturated heterocycles. The van der Waals surface area contributed by atoms with Crippen LogP contribution >= 0.6 is 15.9 Å². The van der Waals surface area contributed by atoms with Gasteiger partial charge in [-0.3, -0.25) is 0 Å². The maximum absolute atomic E-state index is 5.73. The summed E-state index contributed by atoms with van der Waals surface area (Å²) in [5.41, 5.74) is 2.56. The summed E-state index contributed by atoms with van der Waals surface area (Å²) < 4.78 is 6.79. The maximum atomic E-state index is 5.73. The SMILES string of the molecule is CCc1cccc(COc2ccc(Br)cc2)c1. The molecule has 0 aromatic heterocycles. The van der Waals surface area contributed by atoms with Crippen molar-refractivity contribution in [3.8, 4) is 5.75 Å². The van der Waals surface area contributed by atoms with Crippen molar-refractivity contribution in [2.45, 2.75) is 20.0 Å². The van der Waals surface area contributed by atoms with Crippen LogP contribution in [0.15, 0.2) is 53.0 Å². The number of ether oxygens (including phenoxy) is 1. The summed E-state index contributed by atoms with van der Waals surface area (Å²) in [4.78, 5) is 0. The van der Waals surface area contributed by atoms with Crippen LogP contribution in [0.1, 0.15) is 18.1 Å². The molecule has 0 spiro atoms. The van der Waals surface area contributed by atoms with Gasteiger partial charge in [0.1, 0.15) is 12.4 Å². The molecule has 1 nitrogen and oxygen atoms in total. The van der Waals surface area contributed by atoms with Crippen LogP contribution in [0.5, 0.6) is 5.75 Å². The predicted molar refractivity (Wildman–Crippen MR) is 74.3 cm³/mol. The van der Waals surface area contributed by atoms with Gasteiger partial charge in [0.05, 0.1) is 0 Å². The van der Waals surface area contributed by atoms with Crippen LogP contribution in [-0.2, 0) is 13.0 Å². The van der Waals surface area contributed by atoms with Crippen molar-refractivity contribution in [1.82, 2.24) is 0 Å². The third-order valence-corrected chi connectivity index (χ3v) is 3.15. The molecule has 0 unspecified atom stereocenters. The number of hydrogen-bond acceptors (Lipinski definition) is 1. The normalized spacial score (nSPS) is 10.2. The minimum Gasteiger partial charge on any atom is -0.489 e. The number of aryl methyl sites for hydroxylation is 1. The van der Waals surface area contributed by atoms with Gasteiger partial charge in [-0.15, -0.1) is 0 Å². The van der Waals surface area contributed by atoms with Crippen molar-refractivity contribution < 1.29 is 4.74 Å². The lowest BCUT2D eigenvalue weighted by Crippen LogP contribution is -1.96. The molecule has 0 aliphatic carbocycles. The molecule has 0 radical (unpaired) electrons. The van der Waals surface area contributed by atoms with Crippen LogP contribution in [0.4, 0.5) is 0 Å². The molecule has 2 rings (SSSR count). The first-order chi connectivity index (χ1) is 8.28. The zero-order chi connectivity index (χ0) is 12.1. The Hall–Kier alpha value is -1.28. The van der Waals surface area contributed by atoms with Gasteiger partial charge >= 0.3 is 0 Å². The Morgan fingerprint density at radius 1 is 1.00 bits per heavy atom. The highest BCUT2D eigenvalue weighted by Crippen LogP contribution is 2.17. The van der Waals surface area contributed by atoms with Crippen LogP contribution < -0.4 is 4.74 Å². The topological polar surface area (TPSA) is 9.23 Å². The van der Waals surface area contributed by atoms with E-state index in [1.54, 1.807) is 0 Å². The third-order valence-electron chi connectivity index (χ3n) is 2.62. The molecule has 0 heterocycles. The van der Waals surface area contributed by atoms with Crippen LogP contribution in [0.2, 0.25) is 0 Å². The molecular weight excluding hydrogens is 276 g/mol. The smallest absolute Gasteiger partial charge is 0.119 e. The summed E-state index contributed by atoms with van der Waals surface area (Å²) in [6.07, 6.45) is 1.06. The van der Waals surface area contributed by atoms with E-state index in [1.807, 2.05) is 24.3 Å². The minimum atomic E-state index is 0.621.